The molecule has 3 N–H and O–H groups in total. The number of rotatable bonds is 4. The molecule has 3 unspecified atom stereocenters. The van der Waals surface area contributed by atoms with Gasteiger partial charge in [-0.15, -0.1) is 0 Å². The lowest BCUT2D eigenvalue weighted by molar-refractivity contribution is 0.0859. The molecular formula is C19H29FN2O2. The minimum Gasteiger partial charge on any atom is -0.393 e. The molecular weight excluding hydrogens is 307 g/mol. The Morgan fingerprint density at radius 3 is 2.54 bits per heavy atom. The zero-order valence-electron chi connectivity index (χ0n) is 14.4. The molecule has 24 heavy (non-hydrogen) atoms. The second kappa shape index (κ2) is 7.81. The van der Waals surface area contributed by atoms with Crippen LogP contribution >= 0.6 is 0 Å². The Kier molecular flexibility index (Phi) is 5.74. The topological polar surface area (TPSA) is 55.7 Å². The first kappa shape index (κ1) is 17.6. The highest BCUT2D eigenvalue weighted by Gasteiger charge is 2.27. The summed E-state index contributed by atoms with van der Waals surface area (Å²) in [5, 5.41) is 23.4. The SMILES string of the molecule is CC(NC1CCCCC1O)c1cc(F)ccc1N1CCC(O)CC1. The molecule has 0 aromatic heterocycles. The second-order valence-electron chi connectivity index (χ2n) is 7.27. The summed E-state index contributed by atoms with van der Waals surface area (Å²) < 4.78 is 13.9. The third-order valence-corrected chi connectivity index (χ3v) is 5.45. The number of hydrogen-bond acceptors (Lipinski definition) is 4. The molecule has 1 saturated carbocycles. The fourth-order valence-electron chi connectivity index (χ4n) is 3.98. The average Bonchev–Trinajstić information content (AvgIpc) is 2.58. The third-order valence-electron chi connectivity index (χ3n) is 5.45. The van der Waals surface area contributed by atoms with Gasteiger partial charge in [0.1, 0.15) is 5.82 Å². The molecule has 5 heteroatoms. The molecule has 1 aromatic carbocycles. The van der Waals surface area contributed by atoms with Crippen molar-refractivity contribution in [1.29, 1.82) is 0 Å². The summed E-state index contributed by atoms with van der Waals surface area (Å²) >= 11 is 0. The van der Waals surface area contributed by atoms with Gasteiger partial charge in [0.15, 0.2) is 0 Å². The molecule has 3 atom stereocenters. The summed E-state index contributed by atoms with van der Waals surface area (Å²) in [7, 11) is 0. The van der Waals surface area contributed by atoms with Gasteiger partial charge in [0, 0.05) is 30.9 Å². The lowest BCUT2D eigenvalue weighted by atomic mass is 9.91. The number of nitrogens with one attached hydrogen (secondary N) is 1. The van der Waals surface area contributed by atoms with E-state index in [0.717, 1.165) is 62.9 Å². The molecule has 0 amide bonds. The molecule has 4 nitrogen and oxygen atoms in total. The highest BCUT2D eigenvalue weighted by molar-refractivity contribution is 5.55. The van der Waals surface area contributed by atoms with Crippen molar-refractivity contribution >= 4 is 5.69 Å². The van der Waals surface area contributed by atoms with E-state index < -0.39 is 0 Å². The van der Waals surface area contributed by atoms with E-state index in [9.17, 15) is 14.6 Å². The number of anilines is 1. The van der Waals surface area contributed by atoms with Crippen LogP contribution in [0.3, 0.4) is 0 Å². The van der Waals surface area contributed by atoms with Gasteiger partial charge in [0.05, 0.1) is 12.2 Å². The van der Waals surface area contributed by atoms with Crippen LogP contribution in [0.1, 0.15) is 57.1 Å². The summed E-state index contributed by atoms with van der Waals surface area (Å²) in [4.78, 5) is 2.23. The van der Waals surface area contributed by atoms with Gasteiger partial charge in [-0.25, -0.2) is 4.39 Å². The van der Waals surface area contributed by atoms with Crippen molar-refractivity contribution in [3.63, 3.8) is 0 Å². The summed E-state index contributed by atoms with van der Waals surface area (Å²) in [6, 6.07) is 5.00. The highest BCUT2D eigenvalue weighted by Crippen LogP contribution is 2.31. The maximum Gasteiger partial charge on any atom is 0.123 e. The Bertz CT molecular complexity index is 546. The lowest BCUT2D eigenvalue weighted by Crippen LogP contribution is -2.43. The molecule has 2 aliphatic rings. The second-order valence-corrected chi connectivity index (χ2v) is 7.27. The van der Waals surface area contributed by atoms with Crippen LogP contribution in [0.25, 0.3) is 0 Å². The predicted octanol–water partition coefficient (Wildman–Crippen LogP) is 2.74. The lowest BCUT2D eigenvalue weighted by Gasteiger charge is -2.36. The van der Waals surface area contributed by atoms with Crippen molar-refractivity contribution < 1.29 is 14.6 Å². The fourth-order valence-corrected chi connectivity index (χ4v) is 3.98. The first-order chi connectivity index (χ1) is 11.5. The maximum atomic E-state index is 13.9. The molecule has 0 radical (unpaired) electrons. The average molecular weight is 336 g/mol. The fraction of sp³-hybridized carbons (Fsp3) is 0.684. The van der Waals surface area contributed by atoms with E-state index in [-0.39, 0.29) is 30.1 Å². The van der Waals surface area contributed by atoms with Crippen molar-refractivity contribution in [2.45, 2.75) is 69.7 Å². The zero-order chi connectivity index (χ0) is 17.1. The molecule has 1 saturated heterocycles. The summed E-state index contributed by atoms with van der Waals surface area (Å²) in [6.07, 6.45) is 4.97. The first-order valence-corrected chi connectivity index (χ1v) is 9.21. The first-order valence-electron chi connectivity index (χ1n) is 9.21. The van der Waals surface area contributed by atoms with Gasteiger partial charge in [0.25, 0.3) is 0 Å². The molecule has 1 aromatic rings. The van der Waals surface area contributed by atoms with Crippen LogP contribution in [0.2, 0.25) is 0 Å². The largest absolute Gasteiger partial charge is 0.393 e. The smallest absolute Gasteiger partial charge is 0.123 e. The third kappa shape index (κ3) is 4.08. The number of nitrogens with zero attached hydrogens (tertiary/aromatic N) is 1. The van der Waals surface area contributed by atoms with E-state index in [1.165, 1.54) is 6.07 Å². The summed E-state index contributed by atoms with van der Waals surface area (Å²) in [5.41, 5.74) is 1.97. The van der Waals surface area contributed by atoms with Gasteiger partial charge >= 0.3 is 0 Å². The minimum absolute atomic E-state index is 0.0275. The van der Waals surface area contributed by atoms with E-state index in [0.29, 0.717) is 0 Å². The zero-order valence-corrected chi connectivity index (χ0v) is 14.4. The highest BCUT2D eigenvalue weighted by atomic mass is 19.1. The quantitative estimate of drug-likeness (QED) is 0.791. The van der Waals surface area contributed by atoms with Crippen LogP contribution in [0.5, 0.6) is 0 Å². The van der Waals surface area contributed by atoms with Gasteiger partial charge in [-0.1, -0.05) is 12.8 Å². The number of piperidine rings is 1. The van der Waals surface area contributed by atoms with Crippen molar-refractivity contribution in [3.8, 4) is 0 Å². The Balaban J connectivity index is 1.76. The number of benzene rings is 1. The number of hydrogen-bond donors (Lipinski definition) is 3. The Morgan fingerprint density at radius 2 is 1.83 bits per heavy atom. The Morgan fingerprint density at radius 1 is 1.12 bits per heavy atom. The number of aliphatic hydroxyl groups excluding tert-OH is 2. The predicted molar refractivity (Wildman–Crippen MR) is 93.7 cm³/mol. The number of halogens is 1. The standard InChI is InChI=1S/C19H29FN2O2/c1-13(21-17-4-2-3-5-19(17)24)16-12-14(20)6-7-18(16)22-10-8-15(23)9-11-22/h6-7,12-13,15,17,19,21,23-24H,2-5,8-11H2,1H3. The van der Waals surface area contributed by atoms with Crippen molar-refractivity contribution in [1.82, 2.24) is 5.32 Å². The van der Waals surface area contributed by atoms with Crippen LogP contribution in [-0.4, -0.2) is 41.6 Å². The Labute approximate surface area is 143 Å². The van der Waals surface area contributed by atoms with Crippen molar-refractivity contribution in [2.24, 2.45) is 0 Å². The van der Waals surface area contributed by atoms with Gasteiger partial charge in [-0.05, 0) is 56.4 Å². The molecule has 0 spiro atoms. The van der Waals surface area contributed by atoms with Gasteiger partial charge < -0.3 is 20.4 Å². The summed E-state index contributed by atoms with van der Waals surface area (Å²) in [6.45, 7) is 3.62. The Hall–Kier alpha value is -1.17. The van der Waals surface area contributed by atoms with E-state index in [2.05, 4.69) is 10.2 Å². The number of aliphatic hydroxyl groups is 2. The van der Waals surface area contributed by atoms with Crippen LogP contribution in [0.15, 0.2) is 18.2 Å². The molecule has 1 heterocycles. The van der Waals surface area contributed by atoms with E-state index in [1.807, 2.05) is 13.0 Å². The van der Waals surface area contributed by atoms with Crippen LogP contribution in [0.4, 0.5) is 10.1 Å². The molecule has 1 aliphatic heterocycles. The van der Waals surface area contributed by atoms with Gasteiger partial charge in [0.2, 0.25) is 0 Å². The minimum atomic E-state index is -0.316. The molecule has 2 fully saturated rings. The van der Waals surface area contributed by atoms with E-state index >= 15 is 0 Å². The van der Waals surface area contributed by atoms with Crippen LogP contribution < -0.4 is 10.2 Å². The molecule has 134 valence electrons. The van der Waals surface area contributed by atoms with Crippen molar-refractivity contribution in [3.05, 3.63) is 29.6 Å². The summed E-state index contributed by atoms with van der Waals surface area (Å²) in [5.74, 6) is -0.233. The van der Waals surface area contributed by atoms with Crippen LogP contribution in [0, 0.1) is 5.82 Å². The van der Waals surface area contributed by atoms with Gasteiger partial charge in [-0.3, -0.25) is 0 Å². The monoisotopic (exact) mass is 336 g/mol. The van der Waals surface area contributed by atoms with Crippen LogP contribution in [-0.2, 0) is 0 Å². The molecule has 1 aliphatic carbocycles. The maximum absolute atomic E-state index is 13.9. The molecule has 0 bridgehead atoms. The van der Waals surface area contributed by atoms with E-state index in [1.54, 1.807) is 6.07 Å². The van der Waals surface area contributed by atoms with E-state index in [4.69, 9.17) is 0 Å². The molecule has 3 rings (SSSR count). The van der Waals surface area contributed by atoms with Crippen molar-refractivity contribution in [2.75, 3.05) is 18.0 Å². The normalized spacial score (nSPS) is 27.2. The van der Waals surface area contributed by atoms with Gasteiger partial charge in [-0.2, -0.15) is 0 Å².